The number of sulfonamides is 1. The number of carbonyl (C=O) groups is 1. The molecule has 0 spiro atoms. The van der Waals surface area contributed by atoms with Gasteiger partial charge in [0.05, 0.1) is 6.26 Å². The van der Waals surface area contributed by atoms with Crippen molar-refractivity contribution in [2.75, 3.05) is 25.9 Å². The molecule has 1 saturated heterocycles. The quantitative estimate of drug-likeness (QED) is 0.795. The first-order valence-electron chi connectivity index (χ1n) is 8.41. The van der Waals surface area contributed by atoms with E-state index in [1.807, 2.05) is 0 Å². The minimum atomic E-state index is -3.29. The van der Waals surface area contributed by atoms with Gasteiger partial charge >= 0.3 is 0 Å². The molecule has 0 aromatic heterocycles. The molecule has 2 rings (SSSR count). The third-order valence-electron chi connectivity index (χ3n) is 4.40. The Balaban J connectivity index is 1.79. The highest BCUT2D eigenvalue weighted by atomic mass is 32.2. The zero-order valence-corrected chi connectivity index (χ0v) is 15.1. The topological polar surface area (TPSA) is 66.5 Å². The molecule has 0 bridgehead atoms. The largest absolute Gasteiger partial charge is 0.342 e. The fourth-order valence-electron chi connectivity index (χ4n) is 3.09. The summed E-state index contributed by atoms with van der Waals surface area (Å²) in [6, 6.07) is 3.94. The van der Waals surface area contributed by atoms with Crippen LogP contribution in [0.2, 0.25) is 0 Å². The molecule has 25 heavy (non-hydrogen) atoms. The van der Waals surface area contributed by atoms with Crippen molar-refractivity contribution in [1.82, 2.24) is 9.62 Å². The van der Waals surface area contributed by atoms with Gasteiger partial charge in [0, 0.05) is 26.1 Å². The Morgan fingerprint density at radius 3 is 2.76 bits per heavy atom. The molecule has 1 atom stereocenters. The number of aryl methyl sites for hydroxylation is 1. The Morgan fingerprint density at radius 2 is 2.08 bits per heavy atom. The van der Waals surface area contributed by atoms with Crippen molar-refractivity contribution in [2.45, 2.75) is 32.1 Å². The summed E-state index contributed by atoms with van der Waals surface area (Å²) in [7, 11) is -3.29. The summed E-state index contributed by atoms with van der Waals surface area (Å²) in [5.74, 6) is -1.43. The summed E-state index contributed by atoms with van der Waals surface area (Å²) in [5.41, 5.74) is 0.750. The highest BCUT2D eigenvalue weighted by Crippen LogP contribution is 2.22. The molecule has 1 aliphatic heterocycles. The first-order chi connectivity index (χ1) is 11.7. The van der Waals surface area contributed by atoms with Gasteiger partial charge in [-0.1, -0.05) is 6.07 Å². The molecule has 1 fully saturated rings. The maximum atomic E-state index is 13.2. The van der Waals surface area contributed by atoms with Gasteiger partial charge < -0.3 is 4.90 Å². The number of piperidine rings is 1. The van der Waals surface area contributed by atoms with Crippen molar-refractivity contribution in [3.8, 4) is 0 Å². The van der Waals surface area contributed by atoms with Crippen LogP contribution in [0.4, 0.5) is 8.78 Å². The Hall–Kier alpha value is -1.54. The van der Waals surface area contributed by atoms with Crippen LogP contribution in [0.25, 0.3) is 0 Å². The Labute approximate surface area is 147 Å². The van der Waals surface area contributed by atoms with Crippen LogP contribution in [0.3, 0.4) is 0 Å². The van der Waals surface area contributed by atoms with Gasteiger partial charge in [0.1, 0.15) is 0 Å². The molecular weight excluding hydrogens is 350 g/mol. The van der Waals surface area contributed by atoms with Crippen LogP contribution in [0.15, 0.2) is 18.2 Å². The first-order valence-corrected chi connectivity index (χ1v) is 10.3. The van der Waals surface area contributed by atoms with E-state index in [0.29, 0.717) is 25.4 Å². The molecule has 1 aromatic carbocycles. The lowest BCUT2D eigenvalue weighted by Gasteiger charge is -2.33. The molecule has 1 N–H and O–H groups in total. The lowest BCUT2D eigenvalue weighted by Crippen LogP contribution is -2.41. The summed E-state index contributed by atoms with van der Waals surface area (Å²) >= 11 is 0. The Bertz CT molecular complexity index is 710. The number of nitrogens with one attached hydrogen (secondary N) is 1. The number of hydrogen-bond acceptors (Lipinski definition) is 3. The van der Waals surface area contributed by atoms with Crippen molar-refractivity contribution in [1.29, 1.82) is 0 Å². The number of likely N-dealkylation sites (tertiary alicyclic amines) is 1. The molecule has 1 aliphatic rings. The van der Waals surface area contributed by atoms with Crippen molar-refractivity contribution in [3.63, 3.8) is 0 Å². The minimum Gasteiger partial charge on any atom is -0.342 e. The third-order valence-corrected chi connectivity index (χ3v) is 5.13. The van der Waals surface area contributed by atoms with Gasteiger partial charge in [-0.25, -0.2) is 21.9 Å². The van der Waals surface area contributed by atoms with E-state index in [0.717, 1.165) is 37.1 Å². The number of halogens is 2. The molecule has 1 heterocycles. The van der Waals surface area contributed by atoms with Gasteiger partial charge in [-0.05, 0) is 49.3 Å². The fraction of sp³-hybridized carbons (Fsp3) is 0.588. The van der Waals surface area contributed by atoms with Crippen molar-refractivity contribution in [2.24, 2.45) is 5.92 Å². The maximum absolute atomic E-state index is 13.2. The van der Waals surface area contributed by atoms with Gasteiger partial charge in [0.2, 0.25) is 15.9 Å². The molecule has 140 valence electrons. The van der Waals surface area contributed by atoms with E-state index in [4.69, 9.17) is 0 Å². The Kier molecular flexibility index (Phi) is 6.89. The highest BCUT2D eigenvalue weighted by Gasteiger charge is 2.23. The zero-order chi connectivity index (χ0) is 18.4. The van der Waals surface area contributed by atoms with Crippen molar-refractivity contribution < 1.29 is 22.0 Å². The van der Waals surface area contributed by atoms with E-state index >= 15 is 0 Å². The first kappa shape index (κ1) is 19.8. The smallest absolute Gasteiger partial charge is 0.223 e. The van der Waals surface area contributed by atoms with E-state index in [2.05, 4.69) is 4.72 Å². The van der Waals surface area contributed by atoms with E-state index in [1.54, 1.807) is 11.0 Å². The predicted molar refractivity (Wildman–Crippen MR) is 91.4 cm³/mol. The SMILES string of the molecule is CS(=O)(=O)NCCC(=O)N1CCC[C@@H](CCc2ccc(F)c(F)c2)C1. The molecule has 0 radical (unpaired) electrons. The summed E-state index contributed by atoms with van der Waals surface area (Å²) < 4.78 is 50.5. The van der Waals surface area contributed by atoms with E-state index in [-0.39, 0.29) is 18.9 Å². The normalized spacial score (nSPS) is 18.4. The third kappa shape index (κ3) is 6.70. The number of benzene rings is 1. The summed E-state index contributed by atoms with van der Waals surface area (Å²) in [4.78, 5) is 14.0. The van der Waals surface area contributed by atoms with Crippen LogP contribution >= 0.6 is 0 Å². The number of carbonyl (C=O) groups excluding carboxylic acids is 1. The van der Waals surface area contributed by atoms with E-state index in [1.165, 1.54) is 6.07 Å². The van der Waals surface area contributed by atoms with Crippen molar-refractivity contribution in [3.05, 3.63) is 35.4 Å². The molecule has 8 heteroatoms. The van der Waals surface area contributed by atoms with Gasteiger partial charge in [-0.15, -0.1) is 0 Å². The maximum Gasteiger partial charge on any atom is 0.223 e. The van der Waals surface area contributed by atoms with E-state index < -0.39 is 21.7 Å². The van der Waals surface area contributed by atoms with Crippen LogP contribution in [-0.2, 0) is 21.2 Å². The fourth-order valence-corrected chi connectivity index (χ4v) is 3.57. The number of nitrogens with zero attached hydrogens (tertiary/aromatic N) is 1. The number of hydrogen-bond donors (Lipinski definition) is 1. The lowest BCUT2D eigenvalue weighted by molar-refractivity contribution is -0.132. The molecule has 0 unspecified atom stereocenters. The van der Waals surface area contributed by atoms with Gasteiger partial charge in [0.15, 0.2) is 11.6 Å². The lowest BCUT2D eigenvalue weighted by atomic mass is 9.91. The second kappa shape index (κ2) is 8.71. The molecule has 0 aliphatic carbocycles. The molecule has 0 saturated carbocycles. The second-order valence-corrected chi connectivity index (χ2v) is 8.38. The van der Waals surface area contributed by atoms with Gasteiger partial charge in [-0.2, -0.15) is 0 Å². The van der Waals surface area contributed by atoms with Gasteiger partial charge in [-0.3, -0.25) is 4.79 Å². The minimum absolute atomic E-state index is 0.0614. The van der Waals surface area contributed by atoms with Gasteiger partial charge in [0.25, 0.3) is 0 Å². The predicted octanol–water partition coefficient (Wildman–Crippen LogP) is 2.08. The molecule has 1 aromatic rings. The number of amides is 1. The average Bonchev–Trinajstić information content (AvgIpc) is 2.55. The van der Waals surface area contributed by atoms with Crippen LogP contribution in [-0.4, -0.2) is 45.1 Å². The molecule has 1 amide bonds. The summed E-state index contributed by atoms with van der Waals surface area (Å²) in [6.07, 6.45) is 4.54. The molecule has 5 nitrogen and oxygen atoms in total. The van der Waals surface area contributed by atoms with Crippen LogP contribution in [0, 0.1) is 17.6 Å². The van der Waals surface area contributed by atoms with Crippen LogP contribution in [0.5, 0.6) is 0 Å². The summed E-state index contributed by atoms with van der Waals surface area (Å²) in [6.45, 7) is 1.41. The van der Waals surface area contributed by atoms with E-state index in [9.17, 15) is 22.0 Å². The Morgan fingerprint density at radius 1 is 1.32 bits per heavy atom. The van der Waals surface area contributed by atoms with Crippen molar-refractivity contribution >= 4 is 15.9 Å². The molecular formula is C17H24F2N2O3S. The highest BCUT2D eigenvalue weighted by molar-refractivity contribution is 7.88. The summed E-state index contributed by atoms with van der Waals surface area (Å²) in [5, 5.41) is 0. The van der Waals surface area contributed by atoms with Crippen LogP contribution in [0.1, 0.15) is 31.2 Å². The number of rotatable bonds is 7. The standard InChI is InChI=1S/C17H24F2N2O3S/c1-25(23,24)20-9-8-17(22)21-10-2-3-14(12-21)5-4-13-6-7-15(18)16(19)11-13/h6-7,11,14,20H,2-5,8-10,12H2,1H3/t14-/m0/s1. The average molecular weight is 374 g/mol. The zero-order valence-electron chi connectivity index (χ0n) is 14.3. The van der Waals surface area contributed by atoms with Crippen LogP contribution < -0.4 is 4.72 Å². The second-order valence-electron chi connectivity index (χ2n) is 6.55. The monoisotopic (exact) mass is 374 g/mol.